The highest BCUT2D eigenvalue weighted by atomic mass is 16.5. The number of hydrogen-bond donors (Lipinski definition) is 0. The van der Waals surface area contributed by atoms with Gasteiger partial charge in [-0.3, -0.25) is 0 Å². The molecule has 62 valence electrons. The summed E-state index contributed by atoms with van der Waals surface area (Å²) in [7, 11) is 1.55. The van der Waals surface area contributed by atoms with Crippen molar-refractivity contribution in [3.63, 3.8) is 0 Å². The molecule has 0 N–H and O–H groups in total. The predicted molar refractivity (Wildman–Crippen MR) is 43.6 cm³/mol. The number of nitrogens with zero attached hydrogens (tertiary/aromatic N) is 3. The summed E-state index contributed by atoms with van der Waals surface area (Å²) in [6.07, 6.45) is 0. The van der Waals surface area contributed by atoms with E-state index in [0.717, 1.165) is 0 Å². The Labute approximate surface area is 71.0 Å². The van der Waals surface area contributed by atoms with Gasteiger partial charge in [0, 0.05) is 6.07 Å². The van der Waals surface area contributed by atoms with Crippen LogP contribution in [0.2, 0.25) is 0 Å². The number of aromatic nitrogens is 2. The first-order valence-electron chi connectivity index (χ1n) is 3.48. The third-order valence-corrected chi connectivity index (χ3v) is 1.32. The predicted octanol–water partition coefficient (Wildman–Crippen LogP) is 1.21. The molecule has 0 saturated heterocycles. The average Bonchev–Trinajstić information content (AvgIpc) is 2.04. The van der Waals surface area contributed by atoms with E-state index in [4.69, 9.17) is 11.3 Å². The van der Waals surface area contributed by atoms with Crippen molar-refractivity contribution in [2.45, 2.75) is 13.5 Å². The Balaban J connectivity index is 2.99. The van der Waals surface area contributed by atoms with Crippen molar-refractivity contribution in [3.05, 3.63) is 29.0 Å². The van der Waals surface area contributed by atoms with Gasteiger partial charge in [0.15, 0.2) is 0 Å². The number of rotatable bonds is 2. The highest BCUT2D eigenvalue weighted by Crippen LogP contribution is 2.08. The van der Waals surface area contributed by atoms with Crippen LogP contribution in [0.4, 0.5) is 0 Å². The van der Waals surface area contributed by atoms with Crippen LogP contribution in [0.3, 0.4) is 0 Å². The Kier molecular flexibility index (Phi) is 2.59. The molecule has 0 radical (unpaired) electrons. The van der Waals surface area contributed by atoms with Gasteiger partial charge < -0.3 is 9.58 Å². The molecule has 4 heteroatoms. The van der Waals surface area contributed by atoms with Crippen LogP contribution in [-0.4, -0.2) is 17.1 Å². The maximum atomic E-state index is 6.66. The van der Waals surface area contributed by atoms with Gasteiger partial charge in [-0.1, -0.05) is 0 Å². The van der Waals surface area contributed by atoms with E-state index in [2.05, 4.69) is 14.8 Å². The SMILES string of the molecule is [C-]#[N+]Cc1cc(OC)nc(C)n1. The van der Waals surface area contributed by atoms with Gasteiger partial charge in [-0.2, -0.15) is 4.98 Å². The largest absolute Gasteiger partial charge is 0.481 e. The fraction of sp³-hybridized carbons (Fsp3) is 0.375. The Morgan fingerprint density at radius 1 is 1.58 bits per heavy atom. The Bertz CT molecular complexity index is 317. The summed E-state index contributed by atoms with van der Waals surface area (Å²) in [5.74, 6) is 1.15. The molecule has 0 bridgehead atoms. The number of ether oxygens (including phenoxy) is 1. The molecule has 0 spiro atoms. The van der Waals surface area contributed by atoms with Gasteiger partial charge in [-0.15, -0.1) is 0 Å². The molecule has 1 rings (SSSR count). The lowest BCUT2D eigenvalue weighted by atomic mass is 10.4. The van der Waals surface area contributed by atoms with Crippen LogP contribution in [0, 0.1) is 13.5 Å². The van der Waals surface area contributed by atoms with E-state index in [9.17, 15) is 0 Å². The lowest BCUT2D eigenvalue weighted by Crippen LogP contribution is -1.96. The van der Waals surface area contributed by atoms with E-state index in [1.165, 1.54) is 0 Å². The van der Waals surface area contributed by atoms with Crippen LogP contribution in [0.1, 0.15) is 11.5 Å². The van der Waals surface area contributed by atoms with Gasteiger partial charge in [0.2, 0.25) is 5.88 Å². The molecule has 0 aliphatic rings. The highest BCUT2D eigenvalue weighted by molar-refractivity contribution is 5.16. The molecule has 0 unspecified atom stereocenters. The summed E-state index contributed by atoms with van der Waals surface area (Å²) >= 11 is 0. The molecule has 0 saturated carbocycles. The first-order chi connectivity index (χ1) is 5.76. The maximum Gasteiger partial charge on any atom is 0.256 e. The molecule has 1 aromatic rings. The zero-order chi connectivity index (χ0) is 8.97. The molecule has 4 nitrogen and oxygen atoms in total. The quantitative estimate of drug-likeness (QED) is 0.615. The zero-order valence-electron chi connectivity index (χ0n) is 7.03. The Morgan fingerprint density at radius 2 is 2.33 bits per heavy atom. The number of hydrogen-bond acceptors (Lipinski definition) is 3. The van der Waals surface area contributed by atoms with Crippen LogP contribution in [-0.2, 0) is 6.54 Å². The molecule has 0 aromatic carbocycles. The third-order valence-electron chi connectivity index (χ3n) is 1.32. The second kappa shape index (κ2) is 3.67. The summed E-state index contributed by atoms with van der Waals surface area (Å²) in [6.45, 7) is 8.71. The van der Waals surface area contributed by atoms with Gasteiger partial charge in [0.05, 0.1) is 7.11 Å². The zero-order valence-corrected chi connectivity index (χ0v) is 7.03. The van der Waals surface area contributed by atoms with E-state index in [-0.39, 0.29) is 6.54 Å². The van der Waals surface area contributed by atoms with E-state index in [1.807, 2.05) is 0 Å². The minimum Gasteiger partial charge on any atom is -0.481 e. The summed E-state index contributed by atoms with van der Waals surface area (Å²) in [6, 6.07) is 1.67. The van der Waals surface area contributed by atoms with Gasteiger partial charge >= 0.3 is 0 Å². The van der Waals surface area contributed by atoms with Crippen LogP contribution >= 0.6 is 0 Å². The first kappa shape index (κ1) is 8.47. The fourth-order valence-electron chi connectivity index (χ4n) is 0.866. The van der Waals surface area contributed by atoms with Crippen molar-refractivity contribution in [2.24, 2.45) is 0 Å². The van der Waals surface area contributed by atoms with Crippen LogP contribution < -0.4 is 4.74 Å². The second-order valence-electron chi connectivity index (χ2n) is 2.27. The van der Waals surface area contributed by atoms with E-state index >= 15 is 0 Å². The Hall–Kier alpha value is -1.63. The van der Waals surface area contributed by atoms with Gasteiger partial charge in [0.1, 0.15) is 11.5 Å². The molecule has 1 aromatic heterocycles. The average molecular weight is 163 g/mol. The van der Waals surface area contributed by atoms with Crippen molar-refractivity contribution in [2.75, 3.05) is 7.11 Å². The van der Waals surface area contributed by atoms with Gasteiger partial charge in [0.25, 0.3) is 6.54 Å². The third kappa shape index (κ3) is 1.92. The van der Waals surface area contributed by atoms with Crippen molar-refractivity contribution in [1.29, 1.82) is 0 Å². The summed E-state index contributed by atoms with van der Waals surface area (Å²) < 4.78 is 4.93. The molecule has 0 amide bonds. The van der Waals surface area contributed by atoms with E-state index in [1.54, 1.807) is 20.1 Å². The van der Waals surface area contributed by atoms with Crippen LogP contribution in [0.15, 0.2) is 6.07 Å². The van der Waals surface area contributed by atoms with Crippen LogP contribution in [0.5, 0.6) is 5.88 Å². The molecular formula is C8H9N3O. The monoisotopic (exact) mass is 163 g/mol. The molecular weight excluding hydrogens is 154 g/mol. The van der Waals surface area contributed by atoms with Crippen molar-refractivity contribution in [1.82, 2.24) is 9.97 Å². The number of aryl methyl sites for hydroxylation is 1. The van der Waals surface area contributed by atoms with E-state index < -0.39 is 0 Å². The summed E-state index contributed by atoms with van der Waals surface area (Å²) in [4.78, 5) is 11.3. The van der Waals surface area contributed by atoms with Crippen molar-refractivity contribution in [3.8, 4) is 5.88 Å². The second-order valence-corrected chi connectivity index (χ2v) is 2.27. The van der Waals surface area contributed by atoms with Crippen molar-refractivity contribution >= 4 is 0 Å². The van der Waals surface area contributed by atoms with Gasteiger partial charge in [-0.05, 0) is 6.92 Å². The fourth-order valence-corrected chi connectivity index (χ4v) is 0.866. The molecule has 0 atom stereocenters. The normalized spacial score (nSPS) is 9.08. The Morgan fingerprint density at radius 3 is 2.92 bits per heavy atom. The first-order valence-corrected chi connectivity index (χ1v) is 3.48. The lowest BCUT2D eigenvalue weighted by molar-refractivity contribution is 0.394. The smallest absolute Gasteiger partial charge is 0.256 e. The minimum atomic E-state index is 0.277. The highest BCUT2D eigenvalue weighted by Gasteiger charge is 2.02. The lowest BCUT2D eigenvalue weighted by Gasteiger charge is -1.99. The summed E-state index contributed by atoms with van der Waals surface area (Å²) in [5.41, 5.74) is 0.703. The molecule has 12 heavy (non-hydrogen) atoms. The maximum absolute atomic E-state index is 6.66. The topological polar surface area (TPSA) is 39.4 Å². The molecule has 0 fully saturated rings. The number of methoxy groups -OCH3 is 1. The van der Waals surface area contributed by atoms with E-state index in [0.29, 0.717) is 17.4 Å². The molecule has 0 aliphatic carbocycles. The minimum absolute atomic E-state index is 0.277. The van der Waals surface area contributed by atoms with Crippen LogP contribution in [0.25, 0.3) is 4.85 Å². The molecule has 0 aliphatic heterocycles. The van der Waals surface area contributed by atoms with Gasteiger partial charge in [-0.25, -0.2) is 11.6 Å². The standard InChI is InChI=1S/C8H9N3O/c1-6-10-7(5-9-2)4-8(11-6)12-3/h4H,5H2,1,3H3. The molecule has 1 heterocycles. The van der Waals surface area contributed by atoms with Crippen molar-refractivity contribution < 1.29 is 4.74 Å². The summed E-state index contributed by atoms with van der Waals surface area (Å²) in [5, 5.41) is 0.